The molecule has 1 unspecified atom stereocenters. The summed E-state index contributed by atoms with van der Waals surface area (Å²) in [5.74, 6) is 1.10. The fourth-order valence-electron chi connectivity index (χ4n) is 5.02. The van der Waals surface area contributed by atoms with Crippen LogP contribution in [0, 0.1) is 17.0 Å². The average Bonchev–Trinajstić information content (AvgIpc) is 3.11. The van der Waals surface area contributed by atoms with Crippen molar-refractivity contribution in [2.75, 3.05) is 52.0 Å². The number of nitro groups is 1. The molecule has 1 atom stereocenters. The number of hydrogen-bond acceptors (Lipinski definition) is 13. The number of carbonyl (C=O) groups excluding carboxylic acids is 2. The largest absolute Gasteiger partial charge is 0.493 e. The number of ketones is 2. The van der Waals surface area contributed by atoms with Gasteiger partial charge in [0.1, 0.15) is 29.7 Å². The topological polar surface area (TPSA) is 201 Å². The number of Topliss-reactive ketones (excluding diaryl/α,β-unsaturated/α-hetero) is 2. The third kappa shape index (κ3) is 16.4. The van der Waals surface area contributed by atoms with Gasteiger partial charge in [-0.2, -0.15) is 4.98 Å². The van der Waals surface area contributed by atoms with Gasteiger partial charge in [0.15, 0.2) is 0 Å². The lowest BCUT2D eigenvalue weighted by atomic mass is 10.0. The van der Waals surface area contributed by atoms with Crippen molar-refractivity contribution >= 4 is 23.1 Å². The first-order valence-electron chi connectivity index (χ1n) is 17.4. The molecule has 4 N–H and O–H groups in total. The van der Waals surface area contributed by atoms with E-state index >= 15 is 0 Å². The number of nitrogen functional groups attached to an aromatic ring is 1. The van der Waals surface area contributed by atoms with E-state index in [1.54, 1.807) is 25.3 Å². The molecule has 3 aromatic rings. The predicted octanol–water partition coefficient (Wildman–Crippen LogP) is 5.41. The summed E-state index contributed by atoms with van der Waals surface area (Å²) in [5, 5.41) is 11.4. The zero-order chi connectivity index (χ0) is 36.8. The van der Waals surface area contributed by atoms with Crippen molar-refractivity contribution in [3.63, 3.8) is 0 Å². The summed E-state index contributed by atoms with van der Waals surface area (Å²) in [6, 6.07) is 12.4. The summed E-state index contributed by atoms with van der Waals surface area (Å²) in [4.78, 5) is 43.4. The van der Waals surface area contributed by atoms with E-state index in [2.05, 4.69) is 9.97 Å². The second-order valence-corrected chi connectivity index (χ2v) is 12.2. The number of anilines is 1. The Bertz CT molecular complexity index is 1520. The summed E-state index contributed by atoms with van der Waals surface area (Å²) in [6.45, 7) is 6.84. The monoisotopic (exact) mass is 709 g/mol. The Hall–Kier alpha value is -4.50. The fourth-order valence-corrected chi connectivity index (χ4v) is 5.02. The van der Waals surface area contributed by atoms with E-state index in [4.69, 9.17) is 35.2 Å². The Balaban J connectivity index is 1.09. The highest BCUT2D eigenvalue weighted by Gasteiger charge is 2.20. The van der Waals surface area contributed by atoms with Crippen LogP contribution in [0.5, 0.6) is 11.8 Å². The highest BCUT2D eigenvalue weighted by Crippen LogP contribution is 2.31. The molecule has 0 aliphatic heterocycles. The van der Waals surface area contributed by atoms with Crippen LogP contribution in [0.4, 0.5) is 11.5 Å². The molecule has 14 nitrogen and oxygen atoms in total. The Morgan fingerprint density at radius 3 is 1.96 bits per heavy atom. The minimum Gasteiger partial charge on any atom is -0.493 e. The molecular weight excluding hydrogens is 658 g/mol. The Labute approximate surface area is 299 Å². The van der Waals surface area contributed by atoms with Gasteiger partial charge in [-0.25, -0.2) is 4.98 Å². The first-order valence-corrected chi connectivity index (χ1v) is 17.4. The minimum absolute atomic E-state index is 0.0665. The standard InChI is InChI=1S/C37H51N5O9/c1-27-24-33(28(2)38)34(42(45)46)25-35(27)50-19-5-8-31(43)6-3-17-47-20-22-49-23-21-48-18-4-7-32(44)14-13-29-9-11-30(12-10-29)26-51-37-40-16-15-36(39)41-37/h9-12,15-16,24-25,28H,3-8,13-14,17-23,26,38H2,1-2H3,(H2,39,40,41). The number of rotatable bonds is 27. The summed E-state index contributed by atoms with van der Waals surface area (Å²) in [7, 11) is 0. The molecule has 0 radical (unpaired) electrons. The number of hydrogen-bond donors (Lipinski definition) is 2. The number of nitro benzene ring substituents is 1. The predicted molar refractivity (Wildman–Crippen MR) is 192 cm³/mol. The van der Waals surface area contributed by atoms with Gasteiger partial charge < -0.3 is 35.2 Å². The minimum atomic E-state index is -0.464. The third-order valence-corrected chi connectivity index (χ3v) is 7.84. The van der Waals surface area contributed by atoms with Crippen LogP contribution in [0.15, 0.2) is 48.7 Å². The summed E-state index contributed by atoms with van der Waals surface area (Å²) in [5.41, 5.74) is 14.7. The highest BCUT2D eigenvalue weighted by atomic mass is 16.6. The molecule has 1 aromatic heterocycles. The van der Waals surface area contributed by atoms with E-state index in [0.717, 1.165) is 16.7 Å². The lowest BCUT2D eigenvalue weighted by molar-refractivity contribution is -0.385. The molecule has 14 heteroatoms. The molecule has 0 saturated heterocycles. The van der Waals surface area contributed by atoms with Crippen LogP contribution >= 0.6 is 0 Å². The molecular formula is C37H51N5O9. The number of benzene rings is 2. The van der Waals surface area contributed by atoms with Crippen molar-refractivity contribution in [3.8, 4) is 11.8 Å². The van der Waals surface area contributed by atoms with Crippen LogP contribution in [0.2, 0.25) is 0 Å². The molecule has 278 valence electrons. The number of ether oxygens (including phenoxy) is 5. The summed E-state index contributed by atoms with van der Waals surface area (Å²) < 4.78 is 27.9. The fraction of sp³-hybridized carbons (Fsp3) is 0.514. The molecule has 3 rings (SSSR count). The average molecular weight is 710 g/mol. The van der Waals surface area contributed by atoms with Crippen LogP contribution < -0.4 is 20.9 Å². The second-order valence-electron chi connectivity index (χ2n) is 12.2. The third-order valence-electron chi connectivity index (χ3n) is 7.84. The SMILES string of the molecule is Cc1cc(C(C)N)c([N+](=O)[O-])cc1OCCCC(=O)CCCOCCOCCOCCCC(=O)CCc1ccc(COc2nccc(N)n2)cc1. The van der Waals surface area contributed by atoms with Gasteiger partial charge in [0.2, 0.25) is 0 Å². The number of nitrogens with zero attached hydrogens (tertiary/aromatic N) is 3. The molecule has 0 bridgehead atoms. The van der Waals surface area contributed by atoms with Crippen LogP contribution in [-0.2, 0) is 36.8 Å². The first-order chi connectivity index (χ1) is 24.6. The zero-order valence-corrected chi connectivity index (χ0v) is 29.7. The van der Waals surface area contributed by atoms with Gasteiger partial charge in [0.05, 0.1) is 44.0 Å². The maximum absolute atomic E-state index is 12.3. The highest BCUT2D eigenvalue weighted by molar-refractivity contribution is 5.78. The molecule has 0 spiro atoms. The number of nitrogens with two attached hydrogens (primary N) is 2. The molecule has 2 aromatic carbocycles. The van der Waals surface area contributed by atoms with Crippen LogP contribution in [0.1, 0.15) is 80.2 Å². The molecule has 51 heavy (non-hydrogen) atoms. The van der Waals surface area contributed by atoms with E-state index < -0.39 is 11.0 Å². The normalized spacial score (nSPS) is 11.7. The van der Waals surface area contributed by atoms with Gasteiger partial charge in [-0.15, -0.1) is 0 Å². The van der Waals surface area contributed by atoms with Crippen molar-refractivity contribution < 1.29 is 38.2 Å². The van der Waals surface area contributed by atoms with Crippen molar-refractivity contribution in [2.45, 2.75) is 77.9 Å². The first kappa shape index (κ1) is 40.9. The van der Waals surface area contributed by atoms with E-state index in [0.29, 0.717) is 115 Å². The summed E-state index contributed by atoms with van der Waals surface area (Å²) in [6.07, 6.45) is 5.79. The second kappa shape index (κ2) is 23.1. The lowest BCUT2D eigenvalue weighted by Gasteiger charge is -2.13. The number of aryl methyl sites for hydroxylation is 2. The van der Waals surface area contributed by atoms with Gasteiger partial charge in [-0.05, 0) is 68.4 Å². The summed E-state index contributed by atoms with van der Waals surface area (Å²) >= 11 is 0. The molecule has 1 heterocycles. The van der Waals surface area contributed by atoms with E-state index in [1.165, 1.54) is 6.07 Å². The van der Waals surface area contributed by atoms with Gasteiger partial charge in [-0.3, -0.25) is 19.7 Å². The Morgan fingerprint density at radius 2 is 1.37 bits per heavy atom. The molecule has 0 aliphatic carbocycles. The maximum Gasteiger partial charge on any atom is 0.318 e. The molecule has 0 aliphatic rings. The van der Waals surface area contributed by atoms with Crippen molar-refractivity contribution in [1.82, 2.24) is 9.97 Å². The van der Waals surface area contributed by atoms with Crippen molar-refractivity contribution in [2.24, 2.45) is 5.73 Å². The quantitative estimate of drug-likeness (QED) is 0.0578. The smallest absolute Gasteiger partial charge is 0.318 e. The van der Waals surface area contributed by atoms with Gasteiger partial charge in [0.25, 0.3) is 5.69 Å². The molecule has 0 saturated carbocycles. The van der Waals surface area contributed by atoms with Crippen LogP contribution in [0.25, 0.3) is 0 Å². The van der Waals surface area contributed by atoms with E-state index in [-0.39, 0.29) is 29.9 Å². The number of aromatic nitrogens is 2. The van der Waals surface area contributed by atoms with Gasteiger partial charge in [-0.1, -0.05) is 24.3 Å². The van der Waals surface area contributed by atoms with Crippen LogP contribution in [-0.4, -0.2) is 72.7 Å². The maximum atomic E-state index is 12.3. The van der Waals surface area contributed by atoms with E-state index in [1.807, 2.05) is 31.2 Å². The number of carbonyl (C=O) groups is 2. The molecule has 0 fully saturated rings. The lowest BCUT2D eigenvalue weighted by Crippen LogP contribution is -2.11. The Morgan fingerprint density at radius 1 is 0.804 bits per heavy atom. The van der Waals surface area contributed by atoms with Gasteiger partial charge >= 0.3 is 6.01 Å². The van der Waals surface area contributed by atoms with Crippen LogP contribution in [0.3, 0.4) is 0 Å². The Kier molecular flexibility index (Phi) is 18.5. The van der Waals surface area contributed by atoms with Crippen molar-refractivity contribution in [3.05, 3.63) is 81.0 Å². The van der Waals surface area contributed by atoms with E-state index in [9.17, 15) is 19.7 Å². The van der Waals surface area contributed by atoms with Crippen molar-refractivity contribution in [1.29, 1.82) is 0 Å². The molecule has 0 amide bonds. The zero-order valence-electron chi connectivity index (χ0n) is 29.7. The van der Waals surface area contributed by atoms with Gasteiger partial charge in [0, 0.05) is 56.7 Å².